The molecule has 13 heteroatoms. The zero-order valence-corrected chi connectivity index (χ0v) is 24.5. The summed E-state index contributed by atoms with van der Waals surface area (Å²) in [5.41, 5.74) is 0.853. The van der Waals surface area contributed by atoms with Crippen LogP contribution in [0, 0.1) is 0 Å². The molecule has 0 spiro atoms. The maximum atomic E-state index is 13.8. The molecule has 2 N–H and O–H groups in total. The highest BCUT2D eigenvalue weighted by Gasteiger charge is 2.31. The number of H-pyrrole nitrogens is 1. The molecule has 1 aliphatic rings. The van der Waals surface area contributed by atoms with Gasteiger partial charge in [0.25, 0.3) is 5.56 Å². The van der Waals surface area contributed by atoms with E-state index in [2.05, 4.69) is 15.3 Å². The maximum absolute atomic E-state index is 13.8. The zero-order valence-electron chi connectivity index (χ0n) is 22.8. The van der Waals surface area contributed by atoms with E-state index in [1.54, 1.807) is 31.2 Å². The van der Waals surface area contributed by atoms with E-state index in [1.807, 2.05) is 0 Å². The van der Waals surface area contributed by atoms with Crippen molar-refractivity contribution in [3.63, 3.8) is 0 Å². The van der Waals surface area contributed by atoms with Crippen molar-refractivity contribution in [2.75, 3.05) is 17.7 Å². The Kier molecular flexibility index (Phi) is 7.77. The Balaban J connectivity index is 1.37. The molecule has 6 rings (SSSR count). The fourth-order valence-corrected chi connectivity index (χ4v) is 7.35. The molecule has 8 nitrogen and oxygen atoms in total. The number of para-hydroxylation sites is 1. The number of thioether (sulfide) groups is 1. The summed E-state index contributed by atoms with van der Waals surface area (Å²) in [5, 5.41) is 3.95. The number of carbonyl (C=O) groups is 2. The van der Waals surface area contributed by atoms with Crippen molar-refractivity contribution >= 4 is 61.9 Å². The number of carbonyl (C=O) groups excluding carboxylic acids is 2. The van der Waals surface area contributed by atoms with E-state index >= 15 is 0 Å². The van der Waals surface area contributed by atoms with Crippen molar-refractivity contribution in [3.05, 3.63) is 80.5 Å². The molecule has 0 radical (unpaired) electrons. The van der Waals surface area contributed by atoms with Crippen LogP contribution in [-0.4, -0.2) is 38.8 Å². The van der Waals surface area contributed by atoms with Crippen LogP contribution in [0.25, 0.3) is 27.6 Å². The van der Waals surface area contributed by atoms with E-state index in [0.717, 1.165) is 64.6 Å². The Bertz CT molecular complexity index is 1940. The number of aromatic nitrogens is 3. The van der Waals surface area contributed by atoms with Crippen LogP contribution in [0.1, 0.15) is 46.1 Å². The van der Waals surface area contributed by atoms with Gasteiger partial charge in [0.15, 0.2) is 5.16 Å². The van der Waals surface area contributed by atoms with Crippen LogP contribution in [-0.2, 0) is 28.5 Å². The van der Waals surface area contributed by atoms with E-state index in [9.17, 15) is 27.6 Å². The molecule has 0 unspecified atom stereocenters. The lowest BCUT2D eigenvalue weighted by Crippen LogP contribution is -2.23. The minimum absolute atomic E-state index is 0.0358. The van der Waals surface area contributed by atoms with E-state index < -0.39 is 29.2 Å². The number of aromatic amines is 1. The molecule has 0 atom stereocenters. The summed E-state index contributed by atoms with van der Waals surface area (Å²) in [6.07, 6.45) is -1.15. The van der Waals surface area contributed by atoms with Crippen LogP contribution >= 0.6 is 23.1 Å². The highest BCUT2D eigenvalue weighted by Crippen LogP contribution is 2.39. The number of aryl methyl sites for hydroxylation is 1. The number of alkyl halides is 3. The second kappa shape index (κ2) is 11.5. The monoisotopic (exact) mass is 626 g/mol. The number of rotatable bonds is 7. The molecule has 1 amide bonds. The predicted molar refractivity (Wildman–Crippen MR) is 160 cm³/mol. The fourth-order valence-electron chi connectivity index (χ4n) is 5.25. The van der Waals surface area contributed by atoms with Crippen LogP contribution in [0.2, 0.25) is 0 Å². The summed E-state index contributed by atoms with van der Waals surface area (Å²) in [7, 11) is 0. The maximum Gasteiger partial charge on any atom is 0.416 e. The molecular weight excluding hydrogens is 601 g/mol. The minimum Gasteiger partial charge on any atom is -0.462 e. The van der Waals surface area contributed by atoms with Gasteiger partial charge in [-0.3, -0.25) is 14.2 Å². The third-order valence-corrected chi connectivity index (χ3v) is 9.31. The third-order valence-electron chi connectivity index (χ3n) is 7.16. The molecule has 0 fully saturated rings. The van der Waals surface area contributed by atoms with Crippen LogP contribution in [0.5, 0.6) is 0 Å². The molecule has 0 aliphatic heterocycles. The minimum atomic E-state index is -4.62. The summed E-state index contributed by atoms with van der Waals surface area (Å²) in [6.45, 7) is 1.91. The number of nitrogens with zero attached hydrogens (tertiary/aromatic N) is 2. The lowest BCUT2D eigenvalue weighted by molar-refractivity contribution is -0.137. The van der Waals surface area contributed by atoms with Crippen LogP contribution in [0.3, 0.4) is 0 Å². The van der Waals surface area contributed by atoms with E-state index in [4.69, 9.17) is 4.74 Å². The summed E-state index contributed by atoms with van der Waals surface area (Å²) >= 11 is 2.27. The summed E-state index contributed by atoms with van der Waals surface area (Å²) < 4.78 is 47.0. The average molecular weight is 627 g/mol. The number of amides is 1. The van der Waals surface area contributed by atoms with E-state index in [-0.39, 0.29) is 28.7 Å². The molecule has 3 aromatic heterocycles. The fraction of sp³-hybridized carbons (Fsp3) is 0.267. The van der Waals surface area contributed by atoms with Crippen molar-refractivity contribution < 1.29 is 27.5 Å². The summed E-state index contributed by atoms with van der Waals surface area (Å²) in [4.78, 5) is 48.5. The SMILES string of the molecule is CCOC(=O)c1c(NC(=O)CSc2nc3c([nH]c4ccccc43)c(=O)n2-c2cccc(C(F)(F)F)c2)sc2c1CCCC2. The van der Waals surface area contributed by atoms with Gasteiger partial charge in [0, 0.05) is 15.8 Å². The Morgan fingerprint density at radius 2 is 1.93 bits per heavy atom. The lowest BCUT2D eigenvalue weighted by Gasteiger charge is -2.14. The Morgan fingerprint density at radius 1 is 1.14 bits per heavy atom. The standard InChI is InChI=1S/C30H25F3N4O4S2/c1-2-41-28(40)23-19-11-4-6-13-21(19)43-26(23)35-22(38)15-42-29-36-24-18-10-3-5-12-20(18)34-25(24)27(39)37(29)17-9-7-8-16(14-17)30(31,32)33/h3,5,7-10,12,14,34H,2,4,6,11,13,15H2,1H3,(H,35,38). The van der Waals surface area contributed by atoms with Gasteiger partial charge in [0.1, 0.15) is 16.0 Å². The van der Waals surface area contributed by atoms with Gasteiger partial charge >= 0.3 is 12.1 Å². The number of benzene rings is 2. The highest BCUT2D eigenvalue weighted by atomic mass is 32.2. The largest absolute Gasteiger partial charge is 0.462 e. The number of nitrogens with one attached hydrogen (secondary N) is 2. The molecule has 0 bridgehead atoms. The smallest absolute Gasteiger partial charge is 0.416 e. The zero-order chi connectivity index (χ0) is 30.3. The first-order valence-corrected chi connectivity index (χ1v) is 15.4. The van der Waals surface area contributed by atoms with Crippen LogP contribution in [0.15, 0.2) is 58.5 Å². The second-order valence-corrected chi connectivity index (χ2v) is 12.0. The first kappa shape index (κ1) is 29.0. The number of hydrogen-bond donors (Lipinski definition) is 2. The Hall–Kier alpha value is -4.10. The van der Waals surface area contributed by atoms with Gasteiger partial charge in [-0.2, -0.15) is 13.2 Å². The molecule has 2 aromatic carbocycles. The molecule has 3 heterocycles. The molecule has 0 saturated heterocycles. The number of thiophene rings is 1. The van der Waals surface area contributed by atoms with Gasteiger partial charge in [-0.15, -0.1) is 11.3 Å². The highest BCUT2D eigenvalue weighted by molar-refractivity contribution is 7.99. The first-order valence-electron chi connectivity index (χ1n) is 13.6. The molecule has 0 saturated carbocycles. The van der Waals surface area contributed by atoms with Crippen molar-refractivity contribution in [2.24, 2.45) is 0 Å². The molecule has 43 heavy (non-hydrogen) atoms. The number of anilines is 1. The van der Waals surface area contributed by atoms with Gasteiger partial charge < -0.3 is 15.0 Å². The van der Waals surface area contributed by atoms with E-state index in [0.29, 0.717) is 27.0 Å². The third kappa shape index (κ3) is 5.54. The lowest BCUT2D eigenvalue weighted by atomic mass is 9.95. The predicted octanol–water partition coefficient (Wildman–Crippen LogP) is 6.73. The van der Waals surface area contributed by atoms with Crippen molar-refractivity contribution in [3.8, 4) is 5.69 Å². The summed E-state index contributed by atoms with van der Waals surface area (Å²) in [6, 6.07) is 11.5. The van der Waals surface area contributed by atoms with Gasteiger partial charge in [-0.1, -0.05) is 36.0 Å². The van der Waals surface area contributed by atoms with Gasteiger partial charge in [0.2, 0.25) is 5.91 Å². The molecular formula is C30H25F3N4O4S2. The molecule has 1 aliphatic carbocycles. The van der Waals surface area contributed by atoms with Gasteiger partial charge in [-0.05, 0) is 62.4 Å². The number of ether oxygens (including phenoxy) is 1. The van der Waals surface area contributed by atoms with Crippen LogP contribution < -0.4 is 10.9 Å². The van der Waals surface area contributed by atoms with Crippen molar-refractivity contribution in [1.29, 1.82) is 0 Å². The molecule has 222 valence electrons. The van der Waals surface area contributed by atoms with Crippen molar-refractivity contribution in [1.82, 2.24) is 14.5 Å². The van der Waals surface area contributed by atoms with Crippen molar-refractivity contribution in [2.45, 2.75) is 43.9 Å². The summed E-state index contributed by atoms with van der Waals surface area (Å²) in [5.74, 6) is -1.17. The number of fused-ring (bicyclic) bond motifs is 4. The topological polar surface area (TPSA) is 106 Å². The number of esters is 1. The average Bonchev–Trinajstić information content (AvgIpc) is 3.54. The number of hydrogen-bond acceptors (Lipinski definition) is 7. The Morgan fingerprint density at radius 3 is 2.72 bits per heavy atom. The normalized spacial score (nSPS) is 13.3. The number of halogens is 3. The van der Waals surface area contributed by atoms with Gasteiger partial charge in [0.05, 0.1) is 29.2 Å². The van der Waals surface area contributed by atoms with E-state index in [1.165, 1.54) is 23.5 Å². The Labute approximate surface area is 251 Å². The first-order chi connectivity index (χ1) is 20.7. The molecule has 5 aromatic rings. The van der Waals surface area contributed by atoms with Gasteiger partial charge in [-0.25, -0.2) is 9.78 Å². The second-order valence-electron chi connectivity index (χ2n) is 9.95. The van der Waals surface area contributed by atoms with Crippen LogP contribution in [0.4, 0.5) is 18.2 Å². The quantitative estimate of drug-likeness (QED) is 0.118.